The Morgan fingerprint density at radius 3 is 2.44 bits per heavy atom. The fourth-order valence-corrected chi connectivity index (χ4v) is 6.17. The zero-order valence-corrected chi connectivity index (χ0v) is 18.7. The number of hydrogen-bond donors (Lipinski definition) is 7. The lowest BCUT2D eigenvalue weighted by atomic mass is 10.1. The number of aliphatic hydroxyl groups excluding tert-OH is 3. The number of nitrogens with zero attached hydrogens (tertiary/aromatic N) is 3. The van der Waals surface area contributed by atoms with Crippen LogP contribution < -0.4 is 4.62 Å². The number of aliphatic hydroxyl groups is 3. The van der Waals surface area contributed by atoms with Gasteiger partial charge in [-0.05, 0) is 0 Å². The summed E-state index contributed by atoms with van der Waals surface area (Å²) >= 11 is 4.94. The highest BCUT2D eigenvalue weighted by molar-refractivity contribution is 7.71. The maximum Gasteiger partial charge on any atom is 0.560 e. The Morgan fingerprint density at radius 2 is 1.84 bits per heavy atom. The topological polar surface area (TPSA) is 265 Å². The summed E-state index contributed by atoms with van der Waals surface area (Å²) in [5.41, 5.74) is -0.0946. The number of hydrogen-bond acceptors (Lipinski definition) is 14. The summed E-state index contributed by atoms with van der Waals surface area (Å²) in [6.07, 6.45) is -5.21. The van der Waals surface area contributed by atoms with Crippen molar-refractivity contribution >= 4 is 46.8 Å². The van der Waals surface area contributed by atoms with E-state index in [0.29, 0.717) is 4.73 Å². The van der Waals surface area contributed by atoms with E-state index in [9.17, 15) is 28.8 Å². The van der Waals surface area contributed by atoms with E-state index in [-0.39, 0.29) is 15.8 Å². The highest BCUT2D eigenvalue weighted by atomic mass is 32.1. The van der Waals surface area contributed by atoms with Crippen LogP contribution in [0.3, 0.4) is 0 Å². The zero-order chi connectivity index (χ0) is 23.9. The van der Waals surface area contributed by atoms with Crippen LogP contribution in [0.5, 0.6) is 0 Å². The minimum absolute atomic E-state index is 0.0145. The molecule has 180 valence electrons. The molecular weight excluding hydrogens is 525 g/mol. The van der Waals surface area contributed by atoms with Crippen molar-refractivity contribution in [2.45, 2.75) is 24.6 Å². The van der Waals surface area contributed by atoms with Crippen LogP contribution in [-0.2, 0) is 31.6 Å². The van der Waals surface area contributed by atoms with Crippen LogP contribution in [0.4, 0.5) is 0 Å². The summed E-state index contributed by atoms with van der Waals surface area (Å²) in [5.74, 6) is 0. The molecule has 1 aliphatic rings. The molecule has 3 unspecified atom stereocenters. The molecule has 0 saturated carbocycles. The molecule has 0 aromatic carbocycles. The number of aromatic amines is 1. The van der Waals surface area contributed by atoms with E-state index in [2.05, 4.69) is 23.6 Å². The first-order chi connectivity index (χ1) is 14.7. The third kappa shape index (κ3) is 5.85. The van der Waals surface area contributed by atoms with Gasteiger partial charge in [-0.25, -0.2) is 28.2 Å². The van der Waals surface area contributed by atoms with Gasteiger partial charge in [-0.1, -0.05) is 12.2 Å². The van der Waals surface area contributed by atoms with E-state index in [1.165, 1.54) is 0 Å². The monoisotopic (exact) mass is 540 g/mol. The Hall–Kier alpha value is -1.14. The number of phosphoric acid groups is 3. The van der Waals surface area contributed by atoms with Crippen molar-refractivity contribution in [3.8, 4) is 0 Å². The van der Waals surface area contributed by atoms with Gasteiger partial charge in [0.1, 0.15) is 30.2 Å². The van der Waals surface area contributed by atoms with Crippen molar-refractivity contribution in [1.82, 2.24) is 19.7 Å². The molecule has 2 aromatic rings. The molecule has 1 aliphatic heterocycles. The summed E-state index contributed by atoms with van der Waals surface area (Å²) in [7, 11) is -17.0. The Bertz CT molecular complexity index is 1180. The molecule has 0 amide bonds. The summed E-state index contributed by atoms with van der Waals surface area (Å²) in [4.78, 5) is 37.2. The summed E-state index contributed by atoms with van der Waals surface area (Å²) in [6, 6.07) is 0. The van der Waals surface area contributed by atoms with Gasteiger partial charge in [-0.3, -0.25) is 0 Å². The lowest BCUT2D eigenvalue weighted by Gasteiger charge is -2.23. The SMILES string of the molecule is O=P(O)(O)OP(=O)(O)OP(=O)(OC1O[C@H](CO)[C@@H](O)[C@H]1O)On1cnc2c(=S)nc[nH]c21. The highest BCUT2D eigenvalue weighted by Gasteiger charge is 2.51. The predicted molar refractivity (Wildman–Crippen MR) is 99.8 cm³/mol. The lowest BCUT2D eigenvalue weighted by molar-refractivity contribution is -0.127. The van der Waals surface area contributed by atoms with Crippen molar-refractivity contribution in [2.75, 3.05) is 6.61 Å². The van der Waals surface area contributed by atoms with Gasteiger partial charge in [0.15, 0.2) is 16.6 Å². The number of rotatable bonds is 9. The first-order valence-corrected chi connectivity index (χ1v) is 13.0. The largest absolute Gasteiger partial charge is 0.560 e. The molecule has 0 spiro atoms. The number of fused-ring (bicyclic) bond motifs is 1. The van der Waals surface area contributed by atoms with Crippen molar-refractivity contribution in [3.05, 3.63) is 17.3 Å². The first kappa shape index (κ1) is 25.5. The minimum atomic E-state index is -5.84. The molecule has 6 atom stereocenters. The molecule has 1 fully saturated rings. The van der Waals surface area contributed by atoms with Crippen LogP contribution in [-0.4, -0.2) is 80.9 Å². The normalized spacial score (nSPS) is 27.8. The molecule has 32 heavy (non-hydrogen) atoms. The van der Waals surface area contributed by atoms with E-state index in [0.717, 1.165) is 12.7 Å². The molecule has 18 nitrogen and oxygen atoms in total. The molecule has 2 aromatic heterocycles. The van der Waals surface area contributed by atoms with Crippen LogP contribution in [0.15, 0.2) is 12.7 Å². The standard InChI is InChI=1S/C10H15N4O14P3S/c15-1-4-6(16)7(17)10(24-4)25-31(23,28-30(21,22)27-29(18,19)20)26-14-3-13-5-8(14)11-2-12-9(5)32/h2-4,6-7,10,15-17H,1H2,(H,21,22)(H,11,12,32)(H2,18,19,20)/t4-,6-,7-,10?,31?/m1/s1. The van der Waals surface area contributed by atoms with Crippen LogP contribution >= 0.6 is 35.7 Å². The molecule has 22 heteroatoms. The van der Waals surface area contributed by atoms with E-state index in [1.807, 2.05) is 0 Å². The second-order valence-electron chi connectivity index (χ2n) is 5.94. The molecule has 3 heterocycles. The van der Waals surface area contributed by atoms with Gasteiger partial charge in [0.25, 0.3) is 0 Å². The maximum absolute atomic E-state index is 13.1. The average molecular weight is 540 g/mol. The van der Waals surface area contributed by atoms with Crippen molar-refractivity contribution in [1.29, 1.82) is 0 Å². The number of aromatic nitrogens is 4. The Labute approximate surface area is 181 Å². The van der Waals surface area contributed by atoms with Crippen molar-refractivity contribution in [2.24, 2.45) is 0 Å². The maximum atomic E-state index is 13.1. The Balaban J connectivity index is 1.96. The lowest BCUT2D eigenvalue weighted by Crippen LogP contribution is -2.34. The van der Waals surface area contributed by atoms with Gasteiger partial charge >= 0.3 is 23.5 Å². The molecular formula is C10H15N4O14P3S. The average Bonchev–Trinajstić information content (AvgIpc) is 3.16. The van der Waals surface area contributed by atoms with Gasteiger partial charge in [-0.15, -0.1) is 4.73 Å². The van der Waals surface area contributed by atoms with Crippen LogP contribution in [0.1, 0.15) is 0 Å². The van der Waals surface area contributed by atoms with Gasteiger partial charge < -0.3 is 44.3 Å². The first-order valence-electron chi connectivity index (χ1n) is 8.06. The smallest absolute Gasteiger partial charge is 0.394 e. The molecule has 1 saturated heterocycles. The van der Waals surface area contributed by atoms with Crippen LogP contribution in [0.25, 0.3) is 11.2 Å². The zero-order valence-electron chi connectivity index (χ0n) is 15.2. The van der Waals surface area contributed by atoms with Crippen molar-refractivity contribution < 1.29 is 66.2 Å². The second kappa shape index (κ2) is 9.25. The van der Waals surface area contributed by atoms with Gasteiger partial charge in [-0.2, -0.15) is 8.62 Å². The van der Waals surface area contributed by atoms with Gasteiger partial charge in [0.2, 0.25) is 0 Å². The van der Waals surface area contributed by atoms with Crippen LogP contribution in [0, 0.1) is 4.64 Å². The van der Waals surface area contributed by atoms with Crippen LogP contribution in [0.2, 0.25) is 0 Å². The summed E-state index contributed by atoms with van der Waals surface area (Å²) in [6.45, 7) is -0.806. The van der Waals surface area contributed by atoms with E-state index in [1.54, 1.807) is 0 Å². The number of ether oxygens (including phenoxy) is 1. The summed E-state index contributed by atoms with van der Waals surface area (Å²) < 4.78 is 59.0. The summed E-state index contributed by atoms with van der Waals surface area (Å²) in [5, 5.41) is 28.9. The number of nitrogens with one attached hydrogen (secondary N) is 1. The molecule has 0 aliphatic carbocycles. The van der Waals surface area contributed by atoms with E-state index in [4.69, 9.17) is 41.0 Å². The Morgan fingerprint density at radius 1 is 1.16 bits per heavy atom. The van der Waals surface area contributed by atoms with Gasteiger partial charge in [0, 0.05) is 0 Å². The Kier molecular flexibility index (Phi) is 7.36. The fourth-order valence-electron chi connectivity index (χ4n) is 2.41. The van der Waals surface area contributed by atoms with Gasteiger partial charge in [0.05, 0.1) is 12.9 Å². The quantitative estimate of drug-likeness (QED) is 0.144. The highest BCUT2D eigenvalue weighted by Crippen LogP contribution is 2.67. The third-order valence-corrected chi connectivity index (χ3v) is 8.10. The van der Waals surface area contributed by atoms with E-state index >= 15 is 0 Å². The minimum Gasteiger partial charge on any atom is -0.394 e. The van der Waals surface area contributed by atoms with E-state index < -0.39 is 54.7 Å². The number of H-pyrrole nitrogens is 1. The number of imidazole rings is 1. The molecule has 0 radical (unpaired) electrons. The molecule has 3 rings (SSSR count). The molecule has 0 bridgehead atoms. The third-order valence-electron chi connectivity index (χ3n) is 3.65. The predicted octanol–water partition coefficient (Wildman–Crippen LogP) is -1.29. The molecule has 7 N–H and O–H groups in total. The second-order valence-corrected chi connectivity index (χ2v) is 10.8. The fraction of sp³-hybridized carbons (Fsp3) is 0.500. The van der Waals surface area contributed by atoms with Crippen molar-refractivity contribution in [3.63, 3.8) is 0 Å².